The number of ether oxygens (including phenoxy) is 1. The van der Waals surface area contributed by atoms with E-state index in [9.17, 15) is 9.59 Å². The van der Waals surface area contributed by atoms with E-state index >= 15 is 0 Å². The van der Waals surface area contributed by atoms with Gasteiger partial charge in [-0.3, -0.25) is 14.6 Å². The summed E-state index contributed by atoms with van der Waals surface area (Å²) in [7, 11) is 0. The molecule has 1 N–H and O–H groups in total. The zero-order valence-corrected chi connectivity index (χ0v) is 14.3. The lowest BCUT2D eigenvalue weighted by Crippen LogP contribution is -2.38. The number of rotatable bonds is 5. The molecule has 2 amide bonds. The van der Waals surface area contributed by atoms with Crippen molar-refractivity contribution in [1.29, 1.82) is 0 Å². The van der Waals surface area contributed by atoms with Crippen molar-refractivity contribution in [3.63, 3.8) is 0 Å². The van der Waals surface area contributed by atoms with Crippen molar-refractivity contribution in [2.75, 3.05) is 18.1 Å². The zero-order valence-electron chi connectivity index (χ0n) is 13.6. The molecule has 0 bridgehead atoms. The van der Waals surface area contributed by atoms with E-state index in [4.69, 9.17) is 16.3 Å². The summed E-state index contributed by atoms with van der Waals surface area (Å²) in [6, 6.07) is 10.7. The fourth-order valence-corrected chi connectivity index (χ4v) is 2.75. The first-order valence-corrected chi connectivity index (χ1v) is 8.40. The molecule has 0 saturated heterocycles. The largest absolute Gasteiger partial charge is 0.490 e. The Bertz CT molecular complexity index is 767. The van der Waals surface area contributed by atoms with Gasteiger partial charge in [-0.05, 0) is 30.3 Å². The number of nitrogens with zero attached hydrogens (tertiary/aromatic N) is 2. The Kier molecular flexibility index (Phi) is 5.50. The normalized spacial score (nSPS) is 12.9. The first kappa shape index (κ1) is 17.2. The lowest BCUT2D eigenvalue weighted by Gasteiger charge is -2.29. The first-order valence-electron chi connectivity index (χ1n) is 8.03. The Hall–Kier alpha value is -2.60. The minimum absolute atomic E-state index is 0.124. The Morgan fingerprint density at radius 1 is 1.24 bits per heavy atom. The number of hydrogen-bond acceptors (Lipinski definition) is 4. The molecule has 0 atom stereocenters. The molecule has 1 aromatic heterocycles. The van der Waals surface area contributed by atoms with Crippen LogP contribution in [-0.4, -0.2) is 29.9 Å². The maximum absolute atomic E-state index is 12.5. The fourth-order valence-electron chi connectivity index (χ4n) is 2.59. The summed E-state index contributed by atoms with van der Waals surface area (Å²) >= 11 is 6.01. The highest BCUT2D eigenvalue weighted by Gasteiger charge is 2.24. The third kappa shape index (κ3) is 4.48. The number of carbonyl (C=O) groups excluding carboxylic acids is 2. The van der Waals surface area contributed by atoms with Gasteiger partial charge in [-0.15, -0.1) is 0 Å². The second kappa shape index (κ2) is 7.98. The van der Waals surface area contributed by atoms with Crippen molar-refractivity contribution >= 4 is 29.1 Å². The van der Waals surface area contributed by atoms with E-state index in [1.54, 1.807) is 29.3 Å². The molecular weight excluding hydrogens is 342 g/mol. The van der Waals surface area contributed by atoms with Crippen molar-refractivity contribution in [3.05, 3.63) is 53.3 Å². The molecule has 1 aromatic carbocycles. The van der Waals surface area contributed by atoms with Gasteiger partial charge < -0.3 is 15.0 Å². The number of aromatic nitrogens is 1. The second-order valence-corrected chi connectivity index (χ2v) is 6.04. The molecule has 0 unspecified atom stereocenters. The van der Waals surface area contributed by atoms with Crippen LogP contribution < -0.4 is 15.0 Å². The van der Waals surface area contributed by atoms with Gasteiger partial charge in [-0.2, -0.15) is 0 Å². The summed E-state index contributed by atoms with van der Waals surface area (Å²) < 4.78 is 5.53. The molecular formula is C18H18ClN3O3. The number of fused-ring (bicyclic) bond motifs is 1. The summed E-state index contributed by atoms with van der Waals surface area (Å²) in [6.45, 7) is 1.22. The zero-order chi connectivity index (χ0) is 17.6. The smallest absolute Gasteiger partial charge is 0.227 e. The predicted molar refractivity (Wildman–Crippen MR) is 94.6 cm³/mol. The second-order valence-electron chi connectivity index (χ2n) is 5.60. The van der Waals surface area contributed by atoms with Crippen LogP contribution in [0.15, 0.2) is 42.6 Å². The molecule has 0 spiro atoms. The molecule has 3 rings (SSSR count). The lowest BCUT2D eigenvalue weighted by molar-refractivity contribution is -0.125. The fraction of sp³-hybridized carbons (Fsp3) is 0.278. The van der Waals surface area contributed by atoms with E-state index in [1.807, 2.05) is 18.2 Å². The Balaban J connectivity index is 1.53. The average Bonchev–Trinajstić information content (AvgIpc) is 2.64. The van der Waals surface area contributed by atoms with Crippen molar-refractivity contribution in [1.82, 2.24) is 10.3 Å². The van der Waals surface area contributed by atoms with Crippen LogP contribution in [0.2, 0.25) is 5.02 Å². The molecule has 2 heterocycles. The van der Waals surface area contributed by atoms with E-state index in [0.29, 0.717) is 36.2 Å². The molecule has 7 heteroatoms. The van der Waals surface area contributed by atoms with Crippen LogP contribution in [0.5, 0.6) is 5.75 Å². The predicted octanol–water partition coefficient (Wildman–Crippen LogP) is 2.56. The van der Waals surface area contributed by atoms with E-state index in [-0.39, 0.29) is 24.7 Å². The van der Waals surface area contributed by atoms with Crippen LogP contribution in [0.4, 0.5) is 5.69 Å². The summed E-state index contributed by atoms with van der Waals surface area (Å²) in [5.41, 5.74) is 1.43. The number of pyridine rings is 1. The van der Waals surface area contributed by atoms with Gasteiger partial charge in [0.1, 0.15) is 12.4 Å². The van der Waals surface area contributed by atoms with Gasteiger partial charge in [0.2, 0.25) is 11.8 Å². The summed E-state index contributed by atoms with van der Waals surface area (Å²) in [4.78, 5) is 30.2. The summed E-state index contributed by atoms with van der Waals surface area (Å²) in [5.74, 6) is 0.321. The topological polar surface area (TPSA) is 71.5 Å². The van der Waals surface area contributed by atoms with Gasteiger partial charge >= 0.3 is 0 Å². The van der Waals surface area contributed by atoms with Gasteiger partial charge in [0.25, 0.3) is 0 Å². The van der Waals surface area contributed by atoms with Crippen LogP contribution in [-0.2, 0) is 16.1 Å². The van der Waals surface area contributed by atoms with Crippen LogP contribution in [0.25, 0.3) is 0 Å². The highest BCUT2D eigenvalue weighted by atomic mass is 35.5. The van der Waals surface area contributed by atoms with E-state index in [0.717, 1.165) is 5.69 Å². The van der Waals surface area contributed by atoms with Crippen LogP contribution in [0.1, 0.15) is 18.5 Å². The average molecular weight is 360 g/mol. The maximum Gasteiger partial charge on any atom is 0.227 e. The minimum atomic E-state index is -0.182. The highest BCUT2D eigenvalue weighted by Crippen LogP contribution is 2.34. The van der Waals surface area contributed by atoms with E-state index < -0.39 is 0 Å². The van der Waals surface area contributed by atoms with Crippen LogP contribution >= 0.6 is 11.6 Å². The molecule has 6 nitrogen and oxygen atoms in total. The van der Waals surface area contributed by atoms with Crippen molar-refractivity contribution in [2.24, 2.45) is 0 Å². The first-order chi connectivity index (χ1) is 12.1. The van der Waals surface area contributed by atoms with Crippen LogP contribution in [0, 0.1) is 0 Å². The number of carbonyl (C=O) groups is 2. The SMILES string of the molecule is O=C(CCC(=O)N1CCOc2ccc(Cl)cc21)NCc1ccccn1. The molecule has 0 saturated carbocycles. The van der Waals surface area contributed by atoms with Gasteiger partial charge in [0, 0.05) is 24.1 Å². The Labute approximate surface area is 150 Å². The number of nitrogens with one attached hydrogen (secondary N) is 1. The number of benzene rings is 1. The van der Waals surface area contributed by atoms with Gasteiger partial charge in [-0.1, -0.05) is 17.7 Å². The summed E-state index contributed by atoms with van der Waals surface area (Å²) in [5, 5.41) is 3.30. The third-order valence-electron chi connectivity index (χ3n) is 3.84. The van der Waals surface area contributed by atoms with Gasteiger partial charge in [0.15, 0.2) is 0 Å². The van der Waals surface area contributed by atoms with Crippen molar-refractivity contribution < 1.29 is 14.3 Å². The Morgan fingerprint density at radius 3 is 2.92 bits per heavy atom. The van der Waals surface area contributed by atoms with Crippen LogP contribution in [0.3, 0.4) is 0 Å². The molecule has 130 valence electrons. The molecule has 0 radical (unpaired) electrons. The number of anilines is 1. The van der Waals surface area contributed by atoms with Gasteiger partial charge in [-0.25, -0.2) is 0 Å². The molecule has 1 aliphatic heterocycles. The van der Waals surface area contributed by atoms with Crippen molar-refractivity contribution in [3.8, 4) is 5.75 Å². The highest BCUT2D eigenvalue weighted by molar-refractivity contribution is 6.31. The number of halogens is 1. The monoisotopic (exact) mass is 359 g/mol. The van der Waals surface area contributed by atoms with E-state index in [1.165, 1.54) is 0 Å². The van der Waals surface area contributed by atoms with Gasteiger partial charge in [0.05, 0.1) is 24.5 Å². The quantitative estimate of drug-likeness (QED) is 0.890. The summed E-state index contributed by atoms with van der Waals surface area (Å²) in [6.07, 6.45) is 1.92. The third-order valence-corrected chi connectivity index (χ3v) is 4.08. The molecule has 0 fully saturated rings. The number of amides is 2. The maximum atomic E-state index is 12.5. The van der Waals surface area contributed by atoms with Crippen molar-refractivity contribution in [2.45, 2.75) is 19.4 Å². The number of hydrogen-bond donors (Lipinski definition) is 1. The molecule has 1 aliphatic rings. The van der Waals surface area contributed by atoms with E-state index in [2.05, 4.69) is 10.3 Å². The standard InChI is InChI=1S/C18H18ClN3O3/c19-13-4-5-16-15(11-13)22(9-10-25-16)18(24)7-6-17(23)21-12-14-3-1-2-8-20-14/h1-5,8,11H,6-7,9-10,12H2,(H,21,23). The molecule has 2 aromatic rings. The minimum Gasteiger partial charge on any atom is -0.490 e. The molecule has 0 aliphatic carbocycles. The molecule has 25 heavy (non-hydrogen) atoms. The lowest BCUT2D eigenvalue weighted by atomic mass is 10.2. The Morgan fingerprint density at radius 2 is 2.12 bits per heavy atom.